The lowest BCUT2D eigenvalue weighted by atomic mass is 10.1. The minimum atomic E-state index is -0.0624. The van der Waals surface area contributed by atoms with Crippen LogP contribution in [0.2, 0.25) is 0 Å². The molecular weight excluding hydrogens is 1800 g/mol. The summed E-state index contributed by atoms with van der Waals surface area (Å²) >= 11 is 0. The fourth-order valence-electron chi connectivity index (χ4n) is 13.3. The summed E-state index contributed by atoms with van der Waals surface area (Å²) in [7, 11) is 23.0. The Morgan fingerprint density at radius 1 is 0.328 bits per heavy atom. The van der Waals surface area contributed by atoms with Crippen LogP contribution < -0.4 is 114 Å². The molecule has 11 rings (SSSR count). The Bertz CT molecular complexity index is 3410. The number of carbonyl (C=O) groups is 2. The lowest BCUT2D eigenvalue weighted by molar-refractivity contribution is -1.08. The Labute approximate surface area is 823 Å². The molecule has 1 N–H and O–H groups in total. The van der Waals surface area contributed by atoms with Crippen LogP contribution in [0.4, 0.5) is 0 Å². The van der Waals surface area contributed by atoms with Gasteiger partial charge in [0.1, 0.15) is 78.5 Å². The number of benzene rings is 7. The fraction of sp³-hybridized carbons (Fsp3) is 0.434. The van der Waals surface area contributed by atoms with Crippen LogP contribution in [0.1, 0.15) is 132 Å². The maximum absolute atomic E-state index is 11.7. The molecule has 4 aliphatic rings. The fourth-order valence-corrected chi connectivity index (χ4v) is 13.3. The summed E-state index contributed by atoms with van der Waals surface area (Å²) in [5.74, 6) is 0.122. The van der Waals surface area contributed by atoms with Gasteiger partial charge in [0, 0.05) is 42.5 Å². The number of hydrogen-bond acceptors (Lipinski definition) is 2. The van der Waals surface area contributed by atoms with Gasteiger partial charge < -0.3 is 150 Å². The van der Waals surface area contributed by atoms with Gasteiger partial charge in [-0.15, -0.1) is 0 Å². The van der Waals surface area contributed by atoms with Crippen molar-refractivity contribution in [1.29, 1.82) is 0 Å². The number of ketones is 1. The number of piperazine rings is 4. The van der Waals surface area contributed by atoms with E-state index in [-0.39, 0.29) is 120 Å². The molecule has 19 heteroatoms. The van der Waals surface area contributed by atoms with E-state index in [1.54, 1.807) is 13.8 Å². The lowest BCUT2D eigenvalue weighted by Gasteiger charge is -2.55. The maximum Gasteiger partial charge on any atom is 0.246 e. The molecule has 0 spiro atoms. The van der Waals surface area contributed by atoms with E-state index in [1.165, 1.54) is 187 Å². The molecule has 0 saturated carbocycles. The zero-order chi connectivity index (χ0) is 87.7. The molecule has 4 aliphatic heterocycles. The van der Waals surface area contributed by atoms with E-state index in [2.05, 4.69) is 194 Å². The predicted molar refractivity (Wildman–Crippen MR) is 516 cm³/mol. The Hall–Kier alpha value is -6.02. The summed E-state index contributed by atoms with van der Waals surface area (Å²) in [5.41, 5.74) is 10.9. The second-order valence-electron chi connectivity index (χ2n) is 34.9. The van der Waals surface area contributed by atoms with Crippen molar-refractivity contribution in [2.45, 2.75) is 101 Å². The molecular formula is C106H167Br2Cl6N9O2. The monoisotopic (exact) mass is 1970 g/mol. The highest BCUT2D eigenvalue weighted by Gasteiger charge is 2.47. The summed E-state index contributed by atoms with van der Waals surface area (Å²) in [5, 5.41) is 2.91. The molecule has 7 aromatic rings. The number of halogens is 8. The number of carbonyl (C=O) groups excluding carboxylic acids is 2. The van der Waals surface area contributed by atoms with Crippen LogP contribution in [-0.4, -0.2) is 255 Å². The third-order valence-electron chi connectivity index (χ3n) is 23.6. The van der Waals surface area contributed by atoms with Crippen LogP contribution in [-0.2, 0) is 22.7 Å². The van der Waals surface area contributed by atoms with Crippen molar-refractivity contribution in [3.05, 3.63) is 315 Å². The Morgan fingerprint density at radius 3 is 0.752 bits per heavy atom. The van der Waals surface area contributed by atoms with E-state index in [4.69, 9.17) is 0 Å². The summed E-state index contributed by atoms with van der Waals surface area (Å²) in [4.78, 5) is 23.3. The molecule has 125 heavy (non-hydrogen) atoms. The van der Waals surface area contributed by atoms with Crippen molar-refractivity contribution >= 4 is 48.1 Å². The zero-order valence-corrected chi connectivity index (χ0v) is 88.2. The summed E-state index contributed by atoms with van der Waals surface area (Å²) in [6.07, 6.45) is 15.9. The molecule has 11 nitrogen and oxygen atoms in total. The highest BCUT2D eigenvalue weighted by atomic mass is 79.9. The highest BCUT2D eigenvalue weighted by molar-refractivity contribution is 5.94. The summed E-state index contributed by atoms with van der Waals surface area (Å²) < 4.78 is 9.54. The number of nitrogens with zero attached hydrogens (tertiary/aromatic N) is 8. The molecule has 0 aliphatic carbocycles. The van der Waals surface area contributed by atoms with E-state index >= 15 is 0 Å². The zero-order valence-electron chi connectivity index (χ0n) is 80.5. The third kappa shape index (κ3) is 62.8. The van der Waals surface area contributed by atoms with Crippen LogP contribution >= 0.6 is 0 Å². The smallest absolute Gasteiger partial charge is 0.246 e. The van der Waals surface area contributed by atoms with Crippen LogP contribution in [0.15, 0.2) is 270 Å². The number of nitrogens with one attached hydrogen (secondary N) is 1. The SMILES string of the molecule is C=C(C)C(=O)CCCC[N+](C)(C)Cc1ccc(C[N+](C)(C)CCCNC(=O)C(=C)C)cc1.C=Cc1ccccc1.C=Cc1ccccc1.C=Cc1ccccc1.C=Cc1ccccc1.C=Cc1ccccc1.C=Cc1ccccc1.CC[N+](C)(C)CCC[N+](C)(C)CC.CC[N+]1(C)CC[N+](C)(CC)CC1.CC[N+]12CC[N+](CC)(CC1)CC2.[Br-].[Br-].[Cl-].[Cl-].[Cl-].[Cl-].[Cl-].[Cl-]. The molecule has 0 atom stereocenters. The standard InChI is InChI=1S/C27H44N3O2.C11H28N2.C10H22N2.C10H24N2.6C8H8.2BrH.6ClH/c1-22(2)26(31)12-9-10-18-29(5,6)20-24-13-15-25(16-14-24)21-30(7,8)19-11-17-28-27(32)23(3)4;1-7-12(3,4)10-9-11-13(5,6)8-2;1-3-11-5-8-12(4-2,9-6-11)10-7-11;1-5-11(3)7-9-12(4,6-2)10-8-11;6*1-2-8-6-4-3-5-7-8;;;;;;;;/h13-16H,1,3,9-12,17-21H2,2,4-8H3;7-11H2,1-6H3;3-10H2,1-2H3;5-10H2,1-4H3;6*2-7H,1H2;8*1H/q+1;3*+2;;;;;;;;;;;;;;/p-7. The van der Waals surface area contributed by atoms with Gasteiger partial charge in [0.2, 0.25) is 5.91 Å². The van der Waals surface area contributed by atoms with E-state index in [1.807, 2.05) is 218 Å². The molecule has 0 unspecified atom stereocenters. The number of quaternary nitrogens is 8. The van der Waals surface area contributed by atoms with Crippen LogP contribution in [0.25, 0.3) is 36.5 Å². The number of rotatable bonds is 31. The quantitative estimate of drug-likeness (QED) is 0.0296. The minimum absolute atomic E-state index is 0. The van der Waals surface area contributed by atoms with Gasteiger partial charge in [0.25, 0.3) is 0 Å². The van der Waals surface area contributed by atoms with Crippen molar-refractivity contribution in [1.82, 2.24) is 5.32 Å². The highest BCUT2D eigenvalue weighted by Crippen LogP contribution is 2.26. The van der Waals surface area contributed by atoms with Gasteiger partial charge in [-0.25, -0.2) is 0 Å². The molecule has 7 aromatic carbocycles. The van der Waals surface area contributed by atoms with Crippen molar-refractivity contribution < 1.29 is 154 Å². The number of amides is 1. The topological polar surface area (TPSA) is 46.2 Å². The largest absolute Gasteiger partial charge is 1.00 e. The number of Topliss-reactive ketones (excluding diaryl/α,β-unsaturated/α-hetero) is 1. The first kappa shape index (κ1) is 134. The average molecular weight is 1970 g/mol. The van der Waals surface area contributed by atoms with Crippen molar-refractivity contribution in [3.63, 3.8) is 0 Å². The van der Waals surface area contributed by atoms with Crippen molar-refractivity contribution in [2.75, 3.05) is 208 Å². The number of fused-ring (bicyclic) bond motifs is 3. The predicted octanol–water partition coefficient (Wildman–Crippen LogP) is -2.56. The molecule has 704 valence electrons. The summed E-state index contributed by atoms with van der Waals surface area (Å²) in [6, 6.07) is 69.1. The number of unbranched alkanes of at least 4 members (excludes halogenated alkanes) is 1. The van der Waals surface area contributed by atoms with Gasteiger partial charge >= 0.3 is 0 Å². The van der Waals surface area contributed by atoms with Gasteiger partial charge in [-0.05, 0) is 107 Å². The van der Waals surface area contributed by atoms with Crippen LogP contribution in [0.3, 0.4) is 0 Å². The van der Waals surface area contributed by atoms with Gasteiger partial charge in [0.15, 0.2) is 5.78 Å². The second kappa shape index (κ2) is 74.7. The molecule has 4 saturated heterocycles. The first-order valence-electron chi connectivity index (χ1n) is 43.4. The molecule has 0 radical (unpaired) electrons. The Morgan fingerprint density at radius 2 is 0.560 bits per heavy atom. The number of allylic oxidation sites excluding steroid dienone is 1. The molecule has 2 bridgehead atoms. The van der Waals surface area contributed by atoms with Gasteiger partial charge in [-0.1, -0.05) is 295 Å². The maximum atomic E-state index is 11.7. The second-order valence-corrected chi connectivity index (χ2v) is 34.9. The normalized spacial score (nSPS) is 16.3. The van der Waals surface area contributed by atoms with Gasteiger partial charge in [-0.3, -0.25) is 9.59 Å². The first-order chi connectivity index (χ1) is 55.5. The summed E-state index contributed by atoms with van der Waals surface area (Å²) in [6.45, 7) is 75.8. The van der Waals surface area contributed by atoms with E-state index in [9.17, 15) is 9.59 Å². The first-order valence-corrected chi connectivity index (χ1v) is 43.4. The molecule has 0 aromatic heterocycles. The number of hydrogen-bond donors (Lipinski definition) is 1. The lowest BCUT2D eigenvalue weighted by Crippen LogP contribution is -3.00. The van der Waals surface area contributed by atoms with E-state index < -0.39 is 0 Å². The third-order valence-corrected chi connectivity index (χ3v) is 23.6. The molecule has 4 heterocycles. The van der Waals surface area contributed by atoms with E-state index in [0.717, 1.165) is 63.4 Å². The average Bonchev–Trinajstić information content (AvgIpc) is 0.769. The van der Waals surface area contributed by atoms with Crippen LogP contribution in [0.5, 0.6) is 0 Å². The van der Waals surface area contributed by atoms with Gasteiger partial charge in [0.05, 0.1) is 136 Å². The molecule has 4 fully saturated rings. The van der Waals surface area contributed by atoms with Crippen molar-refractivity contribution in [2.24, 2.45) is 0 Å². The molecule has 1 amide bonds. The van der Waals surface area contributed by atoms with Crippen molar-refractivity contribution in [3.8, 4) is 0 Å². The van der Waals surface area contributed by atoms with E-state index in [0.29, 0.717) is 24.1 Å². The number of likely N-dealkylation sites (N-methyl/N-ethyl adjacent to an activating group) is 4. The Balaban J connectivity index is -0.000000211. The van der Waals surface area contributed by atoms with Gasteiger partial charge in [-0.2, -0.15) is 0 Å². The van der Waals surface area contributed by atoms with Crippen LogP contribution in [0, 0.1) is 0 Å². The Kier molecular flexibility index (Phi) is 80.4. The minimum Gasteiger partial charge on any atom is -1.00 e.